The Labute approximate surface area is 113 Å². The first kappa shape index (κ1) is 13.0. The first-order valence-corrected chi connectivity index (χ1v) is 7.10. The van der Waals surface area contributed by atoms with Crippen LogP contribution in [0.2, 0.25) is 0 Å². The SMILES string of the molecule is Cc1ccc(C)c(SCc2cccc(N)c2C)c1. The lowest BCUT2D eigenvalue weighted by atomic mass is 10.1. The molecule has 0 radical (unpaired) electrons. The average Bonchev–Trinajstić information content (AvgIpc) is 2.35. The lowest BCUT2D eigenvalue weighted by molar-refractivity contribution is 1.24. The summed E-state index contributed by atoms with van der Waals surface area (Å²) in [6.07, 6.45) is 0. The second kappa shape index (κ2) is 5.49. The first-order valence-electron chi connectivity index (χ1n) is 6.12. The molecule has 0 aromatic heterocycles. The zero-order chi connectivity index (χ0) is 13.1. The van der Waals surface area contributed by atoms with Gasteiger partial charge in [0.2, 0.25) is 0 Å². The van der Waals surface area contributed by atoms with Gasteiger partial charge in [-0.3, -0.25) is 0 Å². The van der Waals surface area contributed by atoms with E-state index in [1.807, 2.05) is 23.9 Å². The molecule has 0 atom stereocenters. The van der Waals surface area contributed by atoms with Crippen molar-refractivity contribution in [3.05, 3.63) is 58.7 Å². The van der Waals surface area contributed by atoms with Crippen LogP contribution in [0.4, 0.5) is 5.69 Å². The summed E-state index contributed by atoms with van der Waals surface area (Å²) in [5, 5.41) is 0. The highest BCUT2D eigenvalue weighted by Gasteiger charge is 2.04. The number of nitrogen functional groups attached to an aromatic ring is 1. The number of hydrogen-bond donors (Lipinski definition) is 1. The van der Waals surface area contributed by atoms with Crippen molar-refractivity contribution >= 4 is 17.4 Å². The summed E-state index contributed by atoms with van der Waals surface area (Å²) < 4.78 is 0. The lowest BCUT2D eigenvalue weighted by Gasteiger charge is -2.10. The summed E-state index contributed by atoms with van der Waals surface area (Å²) in [5.74, 6) is 0.973. The Morgan fingerprint density at radius 1 is 1.06 bits per heavy atom. The highest BCUT2D eigenvalue weighted by Crippen LogP contribution is 2.29. The van der Waals surface area contributed by atoms with Crippen molar-refractivity contribution in [3.8, 4) is 0 Å². The van der Waals surface area contributed by atoms with Crippen LogP contribution in [0.15, 0.2) is 41.3 Å². The van der Waals surface area contributed by atoms with Crippen LogP contribution >= 0.6 is 11.8 Å². The molecule has 94 valence electrons. The van der Waals surface area contributed by atoms with Gasteiger partial charge in [0.25, 0.3) is 0 Å². The molecule has 18 heavy (non-hydrogen) atoms. The van der Waals surface area contributed by atoms with Crippen LogP contribution in [0.25, 0.3) is 0 Å². The maximum atomic E-state index is 5.93. The van der Waals surface area contributed by atoms with E-state index in [9.17, 15) is 0 Å². The van der Waals surface area contributed by atoms with Crippen LogP contribution in [0.5, 0.6) is 0 Å². The Morgan fingerprint density at radius 2 is 1.83 bits per heavy atom. The van der Waals surface area contributed by atoms with Crippen molar-refractivity contribution in [2.45, 2.75) is 31.4 Å². The Balaban J connectivity index is 2.16. The Bertz CT molecular complexity index is 559. The van der Waals surface area contributed by atoms with E-state index in [1.165, 1.54) is 27.1 Å². The van der Waals surface area contributed by atoms with Crippen molar-refractivity contribution in [2.75, 3.05) is 5.73 Å². The highest BCUT2D eigenvalue weighted by atomic mass is 32.2. The molecule has 1 nitrogen and oxygen atoms in total. The minimum Gasteiger partial charge on any atom is -0.399 e. The van der Waals surface area contributed by atoms with Gasteiger partial charge < -0.3 is 5.73 Å². The van der Waals surface area contributed by atoms with Gasteiger partial charge in [0, 0.05) is 16.3 Å². The number of benzene rings is 2. The van der Waals surface area contributed by atoms with Crippen LogP contribution in [0.3, 0.4) is 0 Å². The van der Waals surface area contributed by atoms with E-state index in [4.69, 9.17) is 5.73 Å². The monoisotopic (exact) mass is 257 g/mol. The second-order valence-corrected chi connectivity index (χ2v) is 5.71. The molecular formula is C16H19NS. The fraction of sp³-hybridized carbons (Fsp3) is 0.250. The normalized spacial score (nSPS) is 10.6. The number of thioether (sulfide) groups is 1. The first-order chi connectivity index (χ1) is 8.58. The van der Waals surface area contributed by atoms with E-state index < -0.39 is 0 Å². The molecule has 2 aromatic carbocycles. The molecule has 0 saturated heterocycles. The van der Waals surface area contributed by atoms with Gasteiger partial charge in [0.15, 0.2) is 0 Å². The van der Waals surface area contributed by atoms with E-state index in [1.54, 1.807) is 0 Å². The van der Waals surface area contributed by atoms with Crippen molar-refractivity contribution < 1.29 is 0 Å². The van der Waals surface area contributed by atoms with Gasteiger partial charge in [-0.15, -0.1) is 11.8 Å². The summed E-state index contributed by atoms with van der Waals surface area (Å²) in [4.78, 5) is 1.36. The van der Waals surface area contributed by atoms with E-state index in [0.717, 1.165) is 11.4 Å². The zero-order valence-electron chi connectivity index (χ0n) is 11.2. The van der Waals surface area contributed by atoms with Gasteiger partial charge in [-0.25, -0.2) is 0 Å². The molecule has 2 N–H and O–H groups in total. The third-order valence-corrected chi connectivity index (χ3v) is 4.42. The van der Waals surface area contributed by atoms with Crippen LogP contribution in [0.1, 0.15) is 22.3 Å². The molecule has 0 fully saturated rings. The lowest BCUT2D eigenvalue weighted by Crippen LogP contribution is -1.94. The fourth-order valence-corrected chi connectivity index (χ4v) is 3.07. The summed E-state index contributed by atoms with van der Waals surface area (Å²) in [5.41, 5.74) is 12.0. The minimum atomic E-state index is 0.883. The van der Waals surface area contributed by atoms with Crippen molar-refractivity contribution in [3.63, 3.8) is 0 Å². The average molecular weight is 257 g/mol. The van der Waals surface area contributed by atoms with E-state index >= 15 is 0 Å². The molecule has 2 rings (SSSR count). The second-order valence-electron chi connectivity index (χ2n) is 4.69. The van der Waals surface area contributed by atoms with Gasteiger partial charge in [0.1, 0.15) is 0 Å². The van der Waals surface area contributed by atoms with Gasteiger partial charge in [-0.2, -0.15) is 0 Å². The van der Waals surface area contributed by atoms with E-state index in [-0.39, 0.29) is 0 Å². The maximum absolute atomic E-state index is 5.93. The molecular weight excluding hydrogens is 238 g/mol. The zero-order valence-corrected chi connectivity index (χ0v) is 12.0. The van der Waals surface area contributed by atoms with Gasteiger partial charge in [-0.1, -0.05) is 29.8 Å². The highest BCUT2D eigenvalue weighted by molar-refractivity contribution is 7.98. The molecule has 2 aromatic rings. The molecule has 0 heterocycles. The molecule has 0 unspecified atom stereocenters. The summed E-state index contributed by atoms with van der Waals surface area (Å²) >= 11 is 1.88. The third-order valence-electron chi connectivity index (χ3n) is 3.21. The van der Waals surface area contributed by atoms with Gasteiger partial charge in [0.05, 0.1) is 0 Å². The fourth-order valence-electron chi connectivity index (χ4n) is 1.88. The number of rotatable bonds is 3. The molecule has 0 amide bonds. The molecule has 0 spiro atoms. The van der Waals surface area contributed by atoms with Crippen LogP contribution < -0.4 is 5.73 Å². The van der Waals surface area contributed by atoms with Crippen LogP contribution in [-0.4, -0.2) is 0 Å². The topological polar surface area (TPSA) is 26.0 Å². The summed E-state index contributed by atoms with van der Waals surface area (Å²) in [6.45, 7) is 6.39. The number of anilines is 1. The van der Waals surface area contributed by atoms with Crippen molar-refractivity contribution in [1.29, 1.82) is 0 Å². The minimum absolute atomic E-state index is 0.883. The van der Waals surface area contributed by atoms with Gasteiger partial charge >= 0.3 is 0 Å². The summed E-state index contributed by atoms with van der Waals surface area (Å²) in [6, 6.07) is 12.7. The quantitative estimate of drug-likeness (QED) is 0.648. The molecule has 2 heteroatoms. The largest absolute Gasteiger partial charge is 0.399 e. The smallest absolute Gasteiger partial charge is 0.0346 e. The predicted octanol–water partition coefficient (Wildman–Crippen LogP) is 4.49. The van der Waals surface area contributed by atoms with Crippen LogP contribution in [-0.2, 0) is 5.75 Å². The Morgan fingerprint density at radius 3 is 2.61 bits per heavy atom. The Hall–Kier alpha value is -1.41. The van der Waals surface area contributed by atoms with E-state index in [2.05, 4.69) is 45.0 Å². The standard InChI is InChI=1S/C16H19NS/c1-11-7-8-12(2)16(9-11)18-10-14-5-4-6-15(17)13(14)3/h4-9H,10,17H2,1-3H3. The number of hydrogen-bond acceptors (Lipinski definition) is 2. The third kappa shape index (κ3) is 2.88. The molecule has 0 aliphatic rings. The Kier molecular flexibility index (Phi) is 3.97. The predicted molar refractivity (Wildman–Crippen MR) is 81.1 cm³/mol. The van der Waals surface area contributed by atoms with Crippen LogP contribution in [0, 0.1) is 20.8 Å². The van der Waals surface area contributed by atoms with Crippen molar-refractivity contribution in [1.82, 2.24) is 0 Å². The van der Waals surface area contributed by atoms with Gasteiger partial charge in [-0.05, 0) is 49.6 Å². The van der Waals surface area contributed by atoms with Crippen molar-refractivity contribution in [2.24, 2.45) is 0 Å². The molecule has 0 aliphatic heterocycles. The maximum Gasteiger partial charge on any atom is 0.0346 e. The summed E-state index contributed by atoms with van der Waals surface area (Å²) in [7, 11) is 0. The number of aryl methyl sites for hydroxylation is 2. The molecule has 0 saturated carbocycles. The van der Waals surface area contributed by atoms with E-state index in [0.29, 0.717) is 0 Å². The number of nitrogens with two attached hydrogens (primary N) is 1. The molecule has 0 bridgehead atoms. The molecule has 0 aliphatic carbocycles.